The molecule has 1 rings (SSSR count). The number of alkyl halides is 1. The van der Waals surface area contributed by atoms with E-state index < -0.39 is 0 Å². The first kappa shape index (κ1) is 9.53. The van der Waals surface area contributed by atoms with Gasteiger partial charge >= 0.3 is 0 Å². The minimum atomic E-state index is -0.104. The molecule has 0 amide bonds. The number of hydrogen-bond acceptors (Lipinski definition) is 1. The molecular weight excluding hydrogens is 204 g/mol. The van der Waals surface area contributed by atoms with Crippen molar-refractivity contribution in [3.05, 3.63) is 0 Å². The van der Waals surface area contributed by atoms with Crippen LogP contribution in [0.4, 0.5) is 0 Å². The summed E-state index contributed by atoms with van der Waals surface area (Å²) in [5, 5.41) is 10.3. The molecule has 66 valence electrons. The average molecular weight is 221 g/mol. The molecule has 1 aliphatic carbocycles. The molecule has 0 aromatic carbocycles. The van der Waals surface area contributed by atoms with Gasteiger partial charge in [0, 0.05) is 5.33 Å². The molecule has 0 radical (unpaired) electrons. The van der Waals surface area contributed by atoms with Gasteiger partial charge in [0.05, 0.1) is 6.10 Å². The molecule has 1 atom stereocenters. The summed E-state index contributed by atoms with van der Waals surface area (Å²) in [6, 6.07) is 0. The van der Waals surface area contributed by atoms with Crippen molar-refractivity contribution in [3.63, 3.8) is 0 Å². The van der Waals surface area contributed by atoms with Gasteiger partial charge in [-0.2, -0.15) is 0 Å². The zero-order chi connectivity index (χ0) is 8.10. The van der Waals surface area contributed by atoms with E-state index in [-0.39, 0.29) is 6.10 Å². The monoisotopic (exact) mass is 220 g/mol. The van der Waals surface area contributed by atoms with Gasteiger partial charge in [-0.05, 0) is 18.8 Å². The van der Waals surface area contributed by atoms with E-state index in [0.29, 0.717) is 5.92 Å². The summed E-state index contributed by atoms with van der Waals surface area (Å²) in [5.74, 6) is 0.567. The highest BCUT2D eigenvalue weighted by Crippen LogP contribution is 2.26. The van der Waals surface area contributed by atoms with Crippen molar-refractivity contribution < 1.29 is 5.11 Å². The van der Waals surface area contributed by atoms with Gasteiger partial charge in [-0.1, -0.05) is 41.6 Å². The van der Waals surface area contributed by atoms with Crippen LogP contribution in [-0.4, -0.2) is 16.5 Å². The lowest BCUT2D eigenvalue weighted by atomic mass is 9.95. The highest BCUT2D eigenvalue weighted by molar-refractivity contribution is 9.09. The highest BCUT2D eigenvalue weighted by Gasteiger charge is 2.18. The molecule has 0 aliphatic heterocycles. The van der Waals surface area contributed by atoms with Crippen LogP contribution < -0.4 is 0 Å². The van der Waals surface area contributed by atoms with Crippen LogP contribution in [0, 0.1) is 5.92 Å². The van der Waals surface area contributed by atoms with E-state index in [4.69, 9.17) is 0 Å². The molecule has 0 heterocycles. The van der Waals surface area contributed by atoms with Crippen molar-refractivity contribution in [2.45, 2.75) is 44.6 Å². The second-order valence-corrected chi connectivity index (χ2v) is 4.12. The number of aliphatic hydroxyl groups is 1. The van der Waals surface area contributed by atoms with E-state index >= 15 is 0 Å². The van der Waals surface area contributed by atoms with Gasteiger partial charge in [-0.15, -0.1) is 0 Å². The molecule has 0 spiro atoms. The van der Waals surface area contributed by atoms with Crippen molar-refractivity contribution in [3.8, 4) is 0 Å². The van der Waals surface area contributed by atoms with E-state index in [9.17, 15) is 5.11 Å². The van der Waals surface area contributed by atoms with Crippen LogP contribution in [0.15, 0.2) is 0 Å². The summed E-state index contributed by atoms with van der Waals surface area (Å²) in [6.07, 6.45) is 7.72. The summed E-state index contributed by atoms with van der Waals surface area (Å²) in [4.78, 5) is 0. The SMILES string of the molecule is OC(CBr)C1CCCCCC1. The third-order valence-electron chi connectivity index (χ3n) is 2.60. The van der Waals surface area contributed by atoms with Crippen LogP contribution in [-0.2, 0) is 0 Å². The number of rotatable bonds is 2. The third kappa shape index (κ3) is 3.12. The normalized spacial score (nSPS) is 24.5. The summed E-state index contributed by atoms with van der Waals surface area (Å²) < 4.78 is 0. The summed E-state index contributed by atoms with van der Waals surface area (Å²) in [6.45, 7) is 0. The van der Waals surface area contributed by atoms with Gasteiger partial charge in [-0.3, -0.25) is 0 Å². The molecule has 1 nitrogen and oxygen atoms in total. The van der Waals surface area contributed by atoms with Crippen molar-refractivity contribution in [1.29, 1.82) is 0 Å². The van der Waals surface area contributed by atoms with Crippen LogP contribution >= 0.6 is 15.9 Å². The number of aliphatic hydroxyl groups excluding tert-OH is 1. The Morgan fingerprint density at radius 3 is 2.18 bits per heavy atom. The lowest BCUT2D eigenvalue weighted by Crippen LogP contribution is -2.21. The van der Waals surface area contributed by atoms with Crippen molar-refractivity contribution in [1.82, 2.24) is 0 Å². The zero-order valence-corrected chi connectivity index (χ0v) is 8.52. The second-order valence-electron chi connectivity index (χ2n) is 3.47. The van der Waals surface area contributed by atoms with Crippen LogP contribution in [0.1, 0.15) is 38.5 Å². The van der Waals surface area contributed by atoms with Gasteiger partial charge in [0.25, 0.3) is 0 Å². The van der Waals surface area contributed by atoms with Gasteiger partial charge < -0.3 is 5.11 Å². The Morgan fingerprint density at radius 2 is 1.73 bits per heavy atom. The first-order valence-corrected chi connectivity index (χ1v) is 5.71. The Balaban J connectivity index is 2.30. The smallest absolute Gasteiger partial charge is 0.0665 e. The largest absolute Gasteiger partial charge is 0.392 e. The molecule has 0 bridgehead atoms. The predicted molar refractivity (Wildman–Crippen MR) is 51.0 cm³/mol. The molecule has 1 N–H and O–H groups in total. The van der Waals surface area contributed by atoms with Crippen LogP contribution in [0.2, 0.25) is 0 Å². The predicted octanol–water partition coefficient (Wildman–Crippen LogP) is 2.71. The molecule has 0 aromatic rings. The standard InChI is InChI=1S/C9H17BrO/c10-7-9(11)8-5-3-1-2-4-6-8/h8-9,11H,1-7H2. The van der Waals surface area contributed by atoms with Crippen LogP contribution in [0.25, 0.3) is 0 Å². The Bertz CT molecular complexity index is 97.7. The lowest BCUT2D eigenvalue weighted by molar-refractivity contribution is 0.121. The Labute approximate surface area is 77.3 Å². The van der Waals surface area contributed by atoms with E-state index in [1.807, 2.05) is 0 Å². The number of halogens is 1. The Kier molecular flexibility index (Phi) is 4.46. The van der Waals surface area contributed by atoms with E-state index in [0.717, 1.165) is 5.33 Å². The minimum Gasteiger partial charge on any atom is -0.392 e. The van der Waals surface area contributed by atoms with Gasteiger partial charge in [0.2, 0.25) is 0 Å². The molecule has 1 fully saturated rings. The molecule has 2 heteroatoms. The summed E-state index contributed by atoms with van der Waals surface area (Å²) >= 11 is 3.33. The average Bonchev–Trinajstić information content (AvgIpc) is 2.30. The fraction of sp³-hybridized carbons (Fsp3) is 1.00. The molecule has 0 saturated heterocycles. The maximum Gasteiger partial charge on any atom is 0.0665 e. The molecule has 11 heavy (non-hydrogen) atoms. The zero-order valence-electron chi connectivity index (χ0n) is 6.93. The minimum absolute atomic E-state index is 0.104. The van der Waals surface area contributed by atoms with E-state index in [2.05, 4.69) is 15.9 Å². The van der Waals surface area contributed by atoms with Crippen molar-refractivity contribution in [2.24, 2.45) is 5.92 Å². The van der Waals surface area contributed by atoms with Gasteiger partial charge in [0.1, 0.15) is 0 Å². The second kappa shape index (κ2) is 5.15. The van der Waals surface area contributed by atoms with Gasteiger partial charge in [0.15, 0.2) is 0 Å². The molecule has 0 aromatic heterocycles. The quantitative estimate of drug-likeness (QED) is 0.561. The first-order valence-electron chi connectivity index (χ1n) is 4.58. The summed E-state index contributed by atoms with van der Waals surface area (Å²) in [7, 11) is 0. The number of hydrogen-bond donors (Lipinski definition) is 1. The first-order chi connectivity index (χ1) is 5.34. The fourth-order valence-electron chi connectivity index (χ4n) is 1.82. The van der Waals surface area contributed by atoms with Gasteiger partial charge in [-0.25, -0.2) is 0 Å². The Morgan fingerprint density at radius 1 is 1.18 bits per heavy atom. The molecule has 1 saturated carbocycles. The van der Waals surface area contributed by atoms with Crippen molar-refractivity contribution in [2.75, 3.05) is 5.33 Å². The molecule has 1 unspecified atom stereocenters. The highest BCUT2D eigenvalue weighted by atomic mass is 79.9. The summed E-state index contributed by atoms with van der Waals surface area (Å²) in [5.41, 5.74) is 0. The maximum absolute atomic E-state index is 9.56. The lowest BCUT2D eigenvalue weighted by Gasteiger charge is -2.18. The maximum atomic E-state index is 9.56. The van der Waals surface area contributed by atoms with Crippen molar-refractivity contribution >= 4 is 15.9 Å². The Hall–Kier alpha value is 0.440. The van der Waals surface area contributed by atoms with Crippen LogP contribution in [0.3, 0.4) is 0 Å². The molecular formula is C9H17BrO. The van der Waals surface area contributed by atoms with Crippen LogP contribution in [0.5, 0.6) is 0 Å². The topological polar surface area (TPSA) is 20.2 Å². The fourth-order valence-corrected chi connectivity index (χ4v) is 2.35. The van der Waals surface area contributed by atoms with E-state index in [1.165, 1.54) is 38.5 Å². The molecule has 1 aliphatic rings. The third-order valence-corrected chi connectivity index (χ3v) is 3.27. The van der Waals surface area contributed by atoms with E-state index in [1.54, 1.807) is 0 Å².